The molecule has 1 amide bonds. The second kappa shape index (κ2) is 10.00. The topological polar surface area (TPSA) is 107 Å². The number of halogens is 4. The second-order valence-electron chi connectivity index (χ2n) is 8.07. The molecule has 0 aliphatic heterocycles. The smallest absolute Gasteiger partial charge is 0.387 e. The molecule has 0 fully saturated rings. The highest BCUT2D eigenvalue weighted by Gasteiger charge is 2.36. The highest BCUT2D eigenvalue weighted by molar-refractivity contribution is 9.10. The van der Waals surface area contributed by atoms with Crippen molar-refractivity contribution in [1.82, 2.24) is 24.9 Å². The lowest BCUT2D eigenvalue weighted by molar-refractivity contribution is -0.126. The Morgan fingerprint density at radius 1 is 1.31 bits per heavy atom. The molecule has 12 heteroatoms. The zero-order chi connectivity index (χ0) is 25.3. The zero-order valence-electron chi connectivity index (χ0n) is 18.9. The third-order valence-electron chi connectivity index (χ3n) is 5.41. The number of nitrogens with one attached hydrogen (secondary N) is 1. The Bertz CT molecular complexity index is 1410. The van der Waals surface area contributed by atoms with E-state index in [-0.39, 0.29) is 28.0 Å². The van der Waals surface area contributed by atoms with Gasteiger partial charge in [0.15, 0.2) is 22.8 Å². The van der Waals surface area contributed by atoms with Crippen molar-refractivity contribution in [2.75, 3.05) is 6.54 Å². The molecule has 4 aromatic rings. The van der Waals surface area contributed by atoms with Crippen molar-refractivity contribution in [2.24, 2.45) is 5.73 Å². The summed E-state index contributed by atoms with van der Waals surface area (Å²) in [4.78, 5) is 22.3. The van der Waals surface area contributed by atoms with Crippen molar-refractivity contribution in [1.29, 1.82) is 0 Å². The molecular weight excluding hydrogens is 546 g/mol. The normalized spacial score (nSPS) is 13.4. The van der Waals surface area contributed by atoms with Gasteiger partial charge in [-0.05, 0) is 59.6 Å². The summed E-state index contributed by atoms with van der Waals surface area (Å²) in [5, 5.41) is 8.17. The molecule has 0 bridgehead atoms. The molecule has 4 rings (SSSR count). The highest BCUT2D eigenvalue weighted by Crippen LogP contribution is 2.34. The standard InChI is InChI=1S/C23H22BrClF2N6O2/c1-3-4-10-29-21(34)23(2,28)20-30-17-14(6-5-7-15(17)24)19-31-18(32-33(19)20)13-9-8-12(25)11-16(13)35-22(26)27/h5-9,11,22H,3-4,10,28H2,1-2H3,(H,29,34)/t23-/m0/s1. The third kappa shape index (κ3) is 4.93. The third-order valence-corrected chi connectivity index (χ3v) is 6.28. The SMILES string of the molecule is CCCCNC(=O)[C@@](C)(N)c1nc2c(Br)cccc2c2nc(-c3ccc(Cl)cc3OC(F)F)nn12. The van der Waals surface area contributed by atoms with Gasteiger partial charge in [-0.2, -0.15) is 13.3 Å². The van der Waals surface area contributed by atoms with E-state index in [0.29, 0.717) is 27.6 Å². The fraction of sp³-hybridized carbons (Fsp3) is 0.304. The van der Waals surface area contributed by atoms with Crippen LogP contribution >= 0.6 is 27.5 Å². The summed E-state index contributed by atoms with van der Waals surface area (Å²) in [5.74, 6) is -0.410. The average Bonchev–Trinajstić information content (AvgIpc) is 3.24. The van der Waals surface area contributed by atoms with Gasteiger partial charge in [0.05, 0.1) is 11.1 Å². The molecule has 1 atom stereocenters. The van der Waals surface area contributed by atoms with Gasteiger partial charge in [-0.15, -0.1) is 5.10 Å². The van der Waals surface area contributed by atoms with Crippen molar-refractivity contribution in [2.45, 2.75) is 38.8 Å². The van der Waals surface area contributed by atoms with E-state index in [1.165, 1.54) is 29.6 Å². The maximum Gasteiger partial charge on any atom is 0.387 e. The molecule has 184 valence electrons. The quantitative estimate of drug-likeness (QED) is 0.289. The summed E-state index contributed by atoms with van der Waals surface area (Å²) >= 11 is 9.48. The molecule has 2 aromatic carbocycles. The Kier molecular flexibility index (Phi) is 7.20. The number of unbranched alkanes of at least 4 members (excludes halogenated alkanes) is 1. The number of carbonyl (C=O) groups excluding carboxylic acids is 1. The summed E-state index contributed by atoms with van der Waals surface area (Å²) in [6.07, 6.45) is 1.70. The summed E-state index contributed by atoms with van der Waals surface area (Å²) in [5.41, 5.74) is 5.99. The summed E-state index contributed by atoms with van der Waals surface area (Å²) in [6, 6.07) is 9.65. The van der Waals surface area contributed by atoms with Crippen LogP contribution in [0.15, 0.2) is 40.9 Å². The van der Waals surface area contributed by atoms with Crippen molar-refractivity contribution in [3.8, 4) is 17.1 Å². The van der Waals surface area contributed by atoms with Gasteiger partial charge in [0.2, 0.25) is 5.91 Å². The first-order chi connectivity index (χ1) is 16.6. The number of para-hydroxylation sites is 1. The molecule has 35 heavy (non-hydrogen) atoms. The van der Waals surface area contributed by atoms with Crippen molar-refractivity contribution < 1.29 is 18.3 Å². The molecule has 0 saturated carbocycles. The first-order valence-corrected chi connectivity index (χ1v) is 12.0. The molecule has 0 aliphatic rings. The van der Waals surface area contributed by atoms with Gasteiger partial charge >= 0.3 is 6.61 Å². The van der Waals surface area contributed by atoms with E-state index in [0.717, 1.165) is 12.8 Å². The van der Waals surface area contributed by atoms with E-state index < -0.39 is 18.1 Å². The van der Waals surface area contributed by atoms with Gasteiger partial charge in [0.25, 0.3) is 0 Å². The number of rotatable bonds is 8. The Morgan fingerprint density at radius 2 is 2.09 bits per heavy atom. The molecule has 3 N–H and O–H groups in total. The Labute approximate surface area is 213 Å². The maximum absolute atomic E-state index is 13.1. The number of ether oxygens (including phenoxy) is 1. The predicted octanol–water partition coefficient (Wildman–Crippen LogP) is 5.05. The predicted molar refractivity (Wildman–Crippen MR) is 133 cm³/mol. The summed E-state index contributed by atoms with van der Waals surface area (Å²) in [7, 11) is 0. The van der Waals surface area contributed by atoms with Crippen LogP contribution in [0.3, 0.4) is 0 Å². The van der Waals surface area contributed by atoms with E-state index in [2.05, 4.69) is 41.1 Å². The molecule has 0 unspecified atom stereocenters. The van der Waals surface area contributed by atoms with E-state index in [1.807, 2.05) is 6.92 Å². The number of benzene rings is 2. The minimum Gasteiger partial charge on any atom is -0.434 e. The number of carbonyl (C=O) groups is 1. The van der Waals surface area contributed by atoms with Crippen LogP contribution in [0.1, 0.15) is 32.5 Å². The van der Waals surface area contributed by atoms with Crippen LogP contribution in [0.4, 0.5) is 8.78 Å². The number of nitrogens with two attached hydrogens (primary N) is 1. The van der Waals surface area contributed by atoms with Gasteiger partial charge < -0.3 is 15.8 Å². The fourth-order valence-electron chi connectivity index (χ4n) is 3.59. The average molecular weight is 568 g/mol. The lowest BCUT2D eigenvalue weighted by Crippen LogP contribution is -2.51. The molecule has 8 nitrogen and oxygen atoms in total. The van der Waals surface area contributed by atoms with E-state index >= 15 is 0 Å². The van der Waals surface area contributed by atoms with Crippen LogP contribution in [0.2, 0.25) is 5.02 Å². The van der Waals surface area contributed by atoms with E-state index in [1.54, 1.807) is 18.2 Å². The maximum atomic E-state index is 13.1. The number of nitrogens with zero attached hydrogens (tertiary/aromatic N) is 4. The van der Waals surface area contributed by atoms with Crippen molar-refractivity contribution in [3.63, 3.8) is 0 Å². The number of hydrogen-bond donors (Lipinski definition) is 2. The lowest BCUT2D eigenvalue weighted by atomic mass is 10.0. The molecular formula is C23H22BrClF2N6O2. The van der Waals surface area contributed by atoms with Crippen LogP contribution in [0.25, 0.3) is 27.9 Å². The first kappa shape index (κ1) is 25.2. The number of amides is 1. The highest BCUT2D eigenvalue weighted by atomic mass is 79.9. The van der Waals surface area contributed by atoms with Crippen molar-refractivity contribution in [3.05, 3.63) is 51.7 Å². The Balaban J connectivity index is 1.96. The minimum absolute atomic E-state index is 0.0787. The van der Waals surface area contributed by atoms with Gasteiger partial charge in [-0.25, -0.2) is 9.97 Å². The van der Waals surface area contributed by atoms with E-state index in [4.69, 9.17) is 17.3 Å². The van der Waals surface area contributed by atoms with Gasteiger partial charge in [0, 0.05) is 21.4 Å². The minimum atomic E-state index is -3.07. The number of hydrogen-bond acceptors (Lipinski definition) is 6. The molecule has 2 aromatic heterocycles. The van der Waals surface area contributed by atoms with Gasteiger partial charge in [0.1, 0.15) is 5.75 Å². The van der Waals surface area contributed by atoms with Gasteiger partial charge in [-0.1, -0.05) is 31.0 Å². The Morgan fingerprint density at radius 3 is 2.80 bits per heavy atom. The van der Waals surface area contributed by atoms with Crippen LogP contribution in [-0.2, 0) is 10.3 Å². The molecule has 0 spiro atoms. The molecule has 0 radical (unpaired) electrons. The Hall–Kier alpha value is -2.89. The molecule has 0 saturated heterocycles. The second-order valence-corrected chi connectivity index (χ2v) is 9.36. The summed E-state index contributed by atoms with van der Waals surface area (Å²) < 4.78 is 32.8. The largest absolute Gasteiger partial charge is 0.434 e. The number of fused-ring (bicyclic) bond motifs is 3. The molecule has 2 heterocycles. The van der Waals surface area contributed by atoms with Gasteiger partial charge in [-0.3, -0.25) is 4.79 Å². The number of aromatic nitrogens is 4. The zero-order valence-corrected chi connectivity index (χ0v) is 21.2. The fourth-order valence-corrected chi connectivity index (χ4v) is 4.20. The molecule has 0 aliphatic carbocycles. The van der Waals surface area contributed by atoms with Crippen LogP contribution in [0, 0.1) is 0 Å². The van der Waals surface area contributed by atoms with Crippen LogP contribution < -0.4 is 15.8 Å². The number of alkyl halides is 2. The van der Waals surface area contributed by atoms with Crippen LogP contribution in [-0.4, -0.2) is 38.6 Å². The van der Waals surface area contributed by atoms with E-state index in [9.17, 15) is 13.6 Å². The van der Waals surface area contributed by atoms with Crippen LogP contribution in [0.5, 0.6) is 5.75 Å². The first-order valence-electron chi connectivity index (χ1n) is 10.8. The van der Waals surface area contributed by atoms with Crippen molar-refractivity contribution >= 4 is 50.0 Å². The summed E-state index contributed by atoms with van der Waals surface area (Å²) in [6.45, 7) is 0.939. The lowest BCUT2D eigenvalue weighted by Gasteiger charge is -2.24. The monoisotopic (exact) mass is 566 g/mol.